The highest BCUT2D eigenvalue weighted by atomic mass is 35.5. The third kappa shape index (κ3) is 2.17. The number of amides is 1. The first-order valence-electron chi connectivity index (χ1n) is 6.85. The summed E-state index contributed by atoms with van der Waals surface area (Å²) in [4.78, 5) is 14.0. The third-order valence-corrected chi connectivity index (χ3v) is 4.52. The van der Waals surface area contributed by atoms with E-state index in [1.165, 1.54) is 0 Å². The minimum Gasteiger partial charge on any atom is -0.480 e. The standard InChI is InChI=1S/C15H18ClNO3/c1-9(2)15(19)7-17(8-15)14(18)13-6-10-5-11(16)3-4-12(10)20-13/h3-5,9,13,19H,6-8H2,1-2H3. The number of ether oxygens (including phenoxy) is 1. The number of benzene rings is 1. The van der Waals surface area contributed by atoms with Gasteiger partial charge < -0.3 is 14.7 Å². The molecule has 0 radical (unpaired) electrons. The lowest BCUT2D eigenvalue weighted by molar-refractivity contribution is -0.169. The number of carbonyl (C=O) groups is 1. The van der Waals surface area contributed by atoms with Crippen LogP contribution < -0.4 is 4.74 Å². The molecule has 3 rings (SSSR count). The highest BCUT2D eigenvalue weighted by Gasteiger charge is 2.48. The van der Waals surface area contributed by atoms with Gasteiger partial charge in [0.15, 0.2) is 6.10 Å². The lowest BCUT2D eigenvalue weighted by Gasteiger charge is -2.49. The fraction of sp³-hybridized carbons (Fsp3) is 0.533. The molecule has 1 aromatic rings. The summed E-state index contributed by atoms with van der Waals surface area (Å²) in [6.07, 6.45) is 0.0610. The highest BCUT2D eigenvalue weighted by Crippen LogP contribution is 2.34. The van der Waals surface area contributed by atoms with Crippen molar-refractivity contribution in [1.29, 1.82) is 0 Å². The SMILES string of the molecule is CC(C)C1(O)CN(C(=O)C2Cc3cc(Cl)ccc3O2)C1. The van der Waals surface area contributed by atoms with Gasteiger partial charge in [0.2, 0.25) is 0 Å². The molecule has 1 saturated heterocycles. The molecular weight excluding hydrogens is 278 g/mol. The van der Waals surface area contributed by atoms with Crippen molar-refractivity contribution >= 4 is 17.5 Å². The van der Waals surface area contributed by atoms with Gasteiger partial charge in [0.25, 0.3) is 5.91 Å². The van der Waals surface area contributed by atoms with Crippen LogP contribution >= 0.6 is 11.6 Å². The van der Waals surface area contributed by atoms with Crippen molar-refractivity contribution < 1.29 is 14.6 Å². The molecule has 0 aromatic heterocycles. The molecule has 1 unspecified atom stereocenters. The van der Waals surface area contributed by atoms with Crippen LogP contribution in [0.15, 0.2) is 18.2 Å². The molecule has 4 nitrogen and oxygen atoms in total. The van der Waals surface area contributed by atoms with Gasteiger partial charge >= 0.3 is 0 Å². The van der Waals surface area contributed by atoms with Gasteiger partial charge in [-0.05, 0) is 29.7 Å². The summed E-state index contributed by atoms with van der Waals surface area (Å²) in [5.74, 6) is 0.821. The number of carbonyl (C=O) groups excluding carboxylic acids is 1. The number of rotatable bonds is 2. The molecule has 0 aliphatic carbocycles. The number of hydrogen-bond donors (Lipinski definition) is 1. The van der Waals surface area contributed by atoms with Crippen molar-refractivity contribution in [2.45, 2.75) is 32.0 Å². The molecule has 2 aliphatic heterocycles. The monoisotopic (exact) mass is 295 g/mol. The Labute approximate surface area is 123 Å². The number of halogens is 1. The predicted octanol–water partition coefficient (Wildman–Crippen LogP) is 1.87. The quantitative estimate of drug-likeness (QED) is 0.906. The Morgan fingerprint density at radius 1 is 1.50 bits per heavy atom. The molecule has 0 spiro atoms. The minimum absolute atomic E-state index is 0.0531. The van der Waals surface area contributed by atoms with Crippen molar-refractivity contribution in [3.05, 3.63) is 28.8 Å². The maximum atomic E-state index is 12.3. The summed E-state index contributed by atoms with van der Waals surface area (Å²) < 4.78 is 5.68. The van der Waals surface area contributed by atoms with Gasteiger partial charge in [0, 0.05) is 11.4 Å². The Bertz CT molecular complexity index is 552. The Morgan fingerprint density at radius 2 is 2.20 bits per heavy atom. The summed E-state index contributed by atoms with van der Waals surface area (Å²) in [6.45, 7) is 4.71. The Hall–Kier alpha value is -1.26. The zero-order chi connectivity index (χ0) is 14.5. The van der Waals surface area contributed by atoms with Crippen LogP contribution in [0.2, 0.25) is 5.02 Å². The maximum Gasteiger partial charge on any atom is 0.264 e. The second-order valence-electron chi connectivity index (χ2n) is 6.02. The Balaban J connectivity index is 1.64. The van der Waals surface area contributed by atoms with E-state index >= 15 is 0 Å². The van der Waals surface area contributed by atoms with E-state index in [1.807, 2.05) is 19.9 Å². The van der Waals surface area contributed by atoms with Crippen LogP contribution in [0.5, 0.6) is 5.75 Å². The van der Waals surface area contributed by atoms with E-state index in [2.05, 4.69) is 0 Å². The number of aliphatic hydroxyl groups is 1. The molecule has 5 heteroatoms. The van der Waals surface area contributed by atoms with Crippen LogP contribution in [0.3, 0.4) is 0 Å². The largest absolute Gasteiger partial charge is 0.480 e. The fourth-order valence-corrected chi connectivity index (χ4v) is 2.89. The normalized spacial score (nSPS) is 23.2. The molecule has 1 N–H and O–H groups in total. The Kier molecular flexibility index (Phi) is 3.18. The molecule has 2 aliphatic rings. The zero-order valence-corrected chi connectivity index (χ0v) is 12.4. The highest BCUT2D eigenvalue weighted by molar-refractivity contribution is 6.30. The first-order valence-corrected chi connectivity index (χ1v) is 7.23. The average Bonchev–Trinajstić information content (AvgIpc) is 2.76. The molecule has 1 amide bonds. The lowest BCUT2D eigenvalue weighted by atomic mass is 9.82. The number of likely N-dealkylation sites (tertiary alicyclic amines) is 1. The lowest BCUT2D eigenvalue weighted by Crippen LogP contribution is -2.67. The predicted molar refractivity (Wildman–Crippen MR) is 75.9 cm³/mol. The van der Waals surface area contributed by atoms with E-state index in [0.29, 0.717) is 24.5 Å². The van der Waals surface area contributed by atoms with Crippen molar-refractivity contribution in [2.24, 2.45) is 5.92 Å². The molecular formula is C15H18ClNO3. The second-order valence-corrected chi connectivity index (χ2v) is 6.45. The summed E-state index contributed by atoms with van der Waals surface area (Å²) >= 11 is 5.94. The zero-order valence-electron chi connectivity index (χ0n) is 11.6. The smallest absolute Gasteiger partial charge is 0.264 e. The van der Waals surface area contributed by atoms with Crippen LogP contribution in [-0.2, 0) is 11.2 Å². The summed E-state index contributed by atoms with van der Waals surface area (Å²) in [5.41, 5.74) is 0.222. The second kappa shape index (κ2) is 4.64. The summed E-state index contributed by atoms with van der Waals surface area (Å²) in [5, 5.41) is 10.9. The third-order valence-electron chi connectivity index (χ3n) is 4.29. The van der Waals surface area contributed by atoms with Crippen LogP contribution in [0.4, 0.5) is 0 Å². The summed E-state index contributed by atoms with van der Waals surface area (Å²) in [6, 6.07) is 5.39. The summed E-state index contributed by atoms with van der Waals surface area (Å²) in [7, 11) is 0. The van der Waals surface area contributed by atoms with E-state index in [9.17, 15) is 9.90 Å². The maximum absolute atomic E-state index is 12.3. The number of fused-ring (bicyclic) bond motifs is 1. The molecule has 1 atom stereocenters. The molecule has 0 saturated carbocycles. The number of β-amino-alcohol motifs (C(OH)–C–C–N with tert-alkyl or cyclic N) is 1. The van der Waals surface area contributed by atoms with E-state index < -0.39 is 11.7 Å². The Morgan fingerprint density at radius 3 is 2.85 bits per heavy atom. The van der Waals surface area contributed by atoms with E-state index in [4.69, 9.17) is 16.3 Å². The first-order chi connectivity index (χ1) is 9.39. The number of nitrogens with zero attached hydrogens (tertiary/aromatic N) is 1. The van der Waals surface area contributed by atoms with Crippen LogP contribution in [0.1, 0.15) is 19.4 Å². The minimum atomic E-state index is -0.746. The van der Waals surface area contributed by atoms with E-state index in [0.717, 1.165) is 11.3 Å². The van der Waals surface area contributed by atoms with Crippen LogP contribution in [-0.4, -0.2) is 40.7 Å². The average molecular weight is 296 g/mol. The molecule has 108 valence electrons. The van der Waals surface area contributed by atoms with Crippen LogP contribution in [0.25, 0.3) is 0 Å². The van der Waals surface area contributed by atoms with Crippen molar-refractivity contribution in [3.63, 3.8) is 0 Å². The van der Waals surface area contributed by atoms with Gasteiger partial charge in [0.1, 0.15) is 11.4 Å². The van der Waals surface area contributed by atoms with E-state index in [-0.39, 0.29) is 11.8 Å². The van der Waals surface area contributed by atoms with Gasteiger partial charge in [0.05, 0.1) is 13.1 Å². The molecule has 1 fully saturated rings. The topological polar surface area (TPSA) is 49.8 Å². The van der Waals surface area contributed by atoms with Gasteiger partial charge in [-0.15, -0.1) is 0 Å². The first kappa shape index (κ1) is 13.7. The van der Waals surface area contributed by atoms with Crippen molar-refractivity contribution in [3.8, 4) is 5.75 Å². The van der Waals surface area contributed by atoms with Crippen molar-refractivity contribution in [1.82, 2.24) is 4.90 Å². The van der Waals surface area contributed by atoms with Gasteiger partial charge in [-0.25, -0.2) is 0 Å². The molecule has 2 heterocycles. The van der Waals surface area contributed by atoms with Gasteiger partial charge in [-0.1, -0.05) is 25.4 Å². The van der Waals surface area contributed by atoms with Gasteiger partial charge in [-0.2, -0.15) is 0 Å². The molecule has 1 aromatic carbocycles. The van der Waals surface area contributed by atoms with E-state index in [1.54, 1.807) is 17.0 Å². The fourth-order valence-electron chi connectivity index (χ4n) is 2.69. The van der Waals surface area contributed by atoms with Crippen molar-refractivity contribution in [2.75, 3.05) is 13.1 Å². The molecule has 0 bridgehead atoms. The van der Waals surface area contributed by atoms with Gasteiger partial charge in [-0.3, -0.25) is 4.79 Å². The number of hydrogen-bond acceptors (Lipinski definition) is 3. The molecule has 20 heavy (non-hydrogen) atoms. The van der Waals surface area contributed by atoms with Crippen LogP contribution in [0, 0.1) is 5.92 Å².